The molecule has 1 saturated heterocycles. The third-order valence-corrected chi connectivity index (χ3v) is 4.59. The van der Waals surface area contributed by atoms with E-state index in [4.69, 9.17) is 10.5 Å². The number of hydrogen-bond acceptors (Lipinski definition) is 4. The number of nitrogens with zero attached hydrogens (tertiary/aromatic N) is 1. The lowest BCUT2D eigenvalue weighted by atomic mass is 9.98. The van der Waals surface area contributed by atoms with E-state index in [0.717, 1.165) is 23.3 Å². The van der Waals surface area contributed by atoms with Crippen molar-refractivity contribution in [3.05, 3.63) is 21.9 Å². The summed E-state index contributed by atoms with van der Waals surface area (Å²) in [7, 11) is 1.86. The Bertz CT molecular complexity index is 544. The van der Waals surface area contributed by atoms with Gasteiger partial charge in [-0.05, 0) is 29.9 Å². The molecule has 1 fully saturated rings. The summed E-state index contributed by atoms with van der Waals surface area (Å²) >= 11 is 1.59. The Balaban J connectivity index is 1.95. The Labute approximate surface area is 130 Å². The van der Waals surface area contributed by atoms with Crippen molar-refractivity contribution < 1.29 is 9.53 Å². The first-order valence-electron chi connectivity index (χ1n) is 7.28. The third-order valence-electron chi connectivity index (χ3n) is 3.69. The second-order valence-corrected chi connectivity index (χ2v) is 6.14. The molecule has 4 nitrogen and oxygen atoms in total. The summed E-state index contributed by atoms with van der Waals surface area (Å²) < 4.78 is 5.61. The fraction of sp³-hybridized carbons (Fsp3) is 0.562. The first-order valence-corrected chi connectivity index (χ1v) is 8.16. The molecular weight excluding hydrogens is 284 g/mol. The Hall–Kier alpha value is -1.35. The number of thiophene rings is 1. The average Bonchev–Trinajstić information content (AvgIpc) is 3.12. The van der Waals surface area contributed by atoms with Crippen LogP contribution >= 0.6 is 11.3 Å². The van der Waals surface area contributed by atoms with Gasteiger partial charge in [-0.1, -0.05) is 18.8 Å². The summed E-state index contributed by atoms with van der Waals surface area (Å²) in [5.74, 6) is 6.05. The molecule has 1 aliphatic heterocycles. The standard InChI is InChI=1S/C16H22N2O2S/c1-3-15-14(6-8-20-15)16(19)18(2)10-12-9-13(21-11-12)5-4-7-17/h9,11,14-15H,3,6-8,10,17H2,1-2H3. The van der Waals surface area contributed by atoms with Gasteiger partial charge in [0, 0.05) is 20.2 Å². The highest BCUT2D eigenvalue weighted by Gasteiger charge is 2.34. The Morgan fingerprint density at radius 2 is 2.43 bits per heavy atom. The molecule has 2 rings (SSSR count). The predicted molar refractivity (Wildman–Crippen MR) is 84.9 cm³/mol. The molecule has 0 aromatic carbocycles. The summed E-state index contributed by atoms with van der Waals surface area (Å²) in [6.07, 6.45) is 1.80. The second-order valence-electron chi connectivity index (χ2n) is 5.23. The molecule has 0 spiro atoms. The number of amides is 1. The Morgan fingerprint density at radius 3 is 3.14 bits per heavy atom. The highest BCUT2D eigenvalue weighted by Crippen LogP contribution is 2.26. The van der Waals surface area contributed by atoms with Gasteiger partial charge < -0.3 is 15.4 Å². The zero-order valence-electron chi connectivity index (χ0n) is 12.6. The SMILES string of the molecule is CCC1OCCC1C(=O)N(C)Cc1csc(C#CCN)c1. The normalized spacial score (nSPS) is 20.9. The van der Waals surface area contributed by atoms with Crippen LogP contribution in [0.3, 0.4) is 0 Å². The molecule has 0 bridgehead atoms. The topological polar surface area (TPSA) is 55.6 Å². The molecule has 2 unspecified atom stereocenters. The van der Waals surface area contributed by atoms with Crippen LogP contribution in [-0.2, 0) is 16.1 Å². The van der Waals surface area contributed by atoms with E-state index >= 15 is 0 Å². The van der Waals surface area contributed by atoms with Gasteiger partial charge in [-0.15, -0.1) is 11.3 Å². The van der Waals surface area contributed by atoms with E-state index in [1.54, 1.807) is 16.2 Å². The number of ether oxygens (including phenoxy) is 1. The largest absolute Gasteiger partial charge is 0.377 e. The summed E-state index contributed by atoms with van der Waals surface area (Å²) in [5.41, 5.74) is 6.48. The zero-order valence-corrected chi connectivity index (χ0v) is 13.4. The van der Waals surface area contributed by atoms with E-state index in [2.05, 4.69) is 18.8 Å². The van der Waals surface area contributed by atoms with Crippen molar-refractivity contribution >= 4 is 17.2 Å². The summed E-state index contributed by atoms with van der Waals surface area (Å²) in [5, 5.41) is 2.05. The van der Waals surface area contributed by atoms with E-state index in [-0.39, 0.29) is 17.9 Å². The van der Waals surface area contributed by atoms with Crippen LogP contribution in [0.25, 0.3) is 0 Å². The van der Waals surface area contributed by atoms with Crippen LogP contribution < -0.4 is 5.73 Å². The minimum atomic E-state index is 0.00939. The van der Waals surface area contributed by atoms with Gasteiger partial charge in [0.2, 0.25) is 5.91 Å². The Morgan fingerprint density at radius 1 is 1.62 bits per heavy atom. The molecule has 1 aromatic heterocycles. The molecule has 114 valence electrons. The van der Waals surface area contributed by atoms with Crippen LogP contribution in [0.4, 0.5) is 0 Å². The van der Waals surface area contributed by atoms with Crippen molar-refractivity contribution in [2.24, 2.45) is 11.7 Å². The molecule has 5 heteroatoms. The van der Waals surface area contributed by atoms with Gasteiger partial charge in [0.1, 0.15) is 0 Å². The van der Waals surface area contributed by atoms with Crippen LogP contribution in [0.1, 0.15) is 30.2 Å². The van der Waals surface area contributed by atoms with Gasteiger partial charge in [0.25, 0.3) is 0 Å². The summed E-state index contributed by atoms with van der Waals surface area (Å²) in [4.78, 5) is 15.3. The number of carbonyl (C=O) groups excluding carboxylic acids is 1. The highest BCUT2D eigenvalue weighted by atomic mass is 32.1. The van der Waals surface area contributed by atoms with Gasteiger partial charge in [-0.25, -0.2) is 0 Å². The molecular formula is C16H22N2O2S. The van der Waals surface area contributed by atoms with Crippen LogP contribution in [-0.4, -0.2) is 37.1 Å². The molecule has 1 amide bonds. The minimum absolute atomic E-state index is 0.00939. The highest BCUT2D eigenvalue weighted by molar-refractivity contribution is 7.10. The maximum absolute atomic E-state index is 12.5. The number of hydrogen-bond donors (Lipinski definition) is 1. The van der Waals surface area contributed by atoms with E-state index in [9.17, 15) is 4.79 Å². The molecule has 21 heavy (non-hydrogen) atoms. The summed E-state index contributed by atoms with van der Waals surface area (Å²) in [6, 6.07) is 2.03. The van der Waals surface area contributed by atoms with Gasteiger partial charge in [-0.3, -0.25) is 4.79 Å². The van der Waals surface area contributed by atoms with Crippen molar-refractivity contribution in [3.8, 4) is 11.8 Å². The first-order chi connectivity index (χ1) is 10.2. The lowest BCUT2D eigenvalue weighted by Gasteiger charge is -2.23. The van der Waals surface area contributed by atoms with Gasteiger partial charge in [0.05, 0.1) is 23.4 Å². The molecule has 2 atom stereocenters. The number of nitrogens with two attached hydrogens (primary N) is 1. The summed E-state index contributed by atoms with van der Waals surface area (Å²) in [6.45, 7) is 3.75. The predicted octanol–water partition coefficient (Wildman–Crippen LogP) is 1.83. The quantitative estimate of drug-likeness (QED) is 0.864. The molecule has 0 saturated carbocycles. The molecule has 1 aliphatic rings. The smallest absolute Gasteiger partial charge is 0.228 e. The van der Waals surface area contributed by atoms with Crippen molar-refractivity contribution in [3.63, 3.8) is 0 Å². The average molecular weight is 306 g/mol. The van der Waals surface area contributed by atoms with Gasteiger partial charge in [-0.2, -0.15) is 0 Å². The van der Waals surface area contributed by atoms with Crippen LogP contribution in [0, 0.1) is 17.8 Å². The van der Waals surface area contributed by atoms with E-state index in [0.29, 0.717) is 19.7 Å². The lowest BCUT2D eigenvalue weighted by molar-refractivity contribution is -0.136. The number of carbonyl (C=O) groups is 1. The molecule has 0 radical (unpaired) electrons. The van der Waals surface area contributed by atoms with E-state index in [1.807, 2.05) is 18.5 Å². The first kappa shape index (κ1) is 16.0. The zero-order chi connectivity index (χ0) is 15.2. The van der Waals surface area contributed by atoms with Crippen LogP contribution in [0.15, 0.2) is 11.4 Å². The van der Waals surface area contributed by atoms with Crippen molar-refractivity contribution in [2.45, 2.75) is 32.4 Å². The van der Waals surface area contributed by atoms with Gasteiger partial charge >= 0.3 is 0 Å². The van der Waals surface area contributed by atoms with Crippen molar-refractivity contribution in [1.29, 1.82) is 0 Å². The second kappa shape index (κ2) is 7.60. The molecule has 2 heterocycles. The maximum atomic E-state index is 12.5. The fourth-order valence-electron chi connectivity index (χ4n) is 2.63. The number of rotatable bonds is 4. The molecule has 2 N–H and O–H groups in total. The van der Waals surface area contributed by atoms with E-state index < -0.39 is 0 Å². The lowest BCUT2D eigenvalue weighted by Crippen LogP contribution is -2.36. The van der Waals surface area contributed by atoms with Crippen LogP contribution in [0.5, 0.6) is 0 Å². The third kappa shape index (κ3) is 4.07. The van der Waals surface area contributed by atoms with Gasteiger partial charge in [0.15, 0.2) is 0 Å². The fourth-order valence-corrected chi connectivity index (χ4v) is 3.40. The minimum Gasteiger partial charge on any atom is -0.377 e. The van der Waals surface area contributed by atoms with Crippen LogP contribution in [0.2, 0.25) is 0 Å². The maximum Gasteiger partial charge on any atom is 0.228 e. The van der Waals surface area contributed by atoms with Crippen molar-refractivity contribution in [2.75, 3.05) is 20.2 Å². The monoisotopic (exact) mass is 306 g/mol. The van der Waals surface area contributed by atoms with E-state index in [1.165, 1.54) is 0 Å². The molecule has 1 aromatic rings. The van der Waals surface area contributed by atoms with Crippen molar-refractivity contribution in [1.82, 2.24) is 4.90 Å². The molecule has 0 aliphatic carbocycles. The Kier molecular flexibility index (Phi) is 5.80.